The van der Waals surface area contributed by atoms with Crippen LogP contribution in [0.2, 0.25) is 0 Å². The van der Waals surface area contributed by atoms with Gasteiger partial charge in [-0.25, -0.2) is 0 Å². The van der Waals surface area contributed by atoms with Crippen molar-refractivity contribution in [3.05, 3.63) is 180 Å². The molecule has 1 atom stereocenters. The molecule has 1 N–H and O–H groups in total. The van der Waals surface area contributed by atoms with Crippen molar-refractivity contribution in [2.45, 2.75) is 12.5 Å². The zero-order chi connectivity index (χ0) is 30.2. The summed E-state index contributed by atoms with van der Waals surface area (Å²) >= 11 is 0. The molecule has 0 amide bonds. The molecule has 2 heteroatoms. The Kier molecular flexibility index (Phi) is 5.44. The van der Waals surface area contributed by atoms with Gasteiger partial charge in [0.25, 0.3) is 0 Å². The molecule has 0 saturated heterocycles. The summed E-state index contributed by atoms with van der Waals surface area (Å²) in [5.41, 5.74) is 10.1. The van der Waals surface area contributed by atoms with E-state index in [0.717, 1.165) is 12.1 Å². The van der Waals surface area contributed by atoms with E-state index in [-0.39, 0.29) is 6.04 Å². The van der Waals surface area contributed by atoms with E-state index >= 15 is 0 Å². The largest absolute Gasteiger partial charge is 0.374 e. The van der Waals surface area contributed by atoms with E-state index in [4.69, 9.17) is 0 Å². The minimum absolute atomic E-state index is 0.000144. The number of rotatable bonds is 5. The van der Waals surface area contributed by atoms with Crippen LogP contribution < -0.4 is 5.32 Å². The number of aromatic nitrogens is 1. The van der Waals surface area contributed by atoms with Crippen LogP contribution in [0.5, 0.6) is 0 Å². The number of fused-ring (bicyclic) bond motifs is 3. The molecule has 0 bridgehead atoms. The molecule has 1 unspecified atom stereocenters. The summed E-state index contributed by atoms with van der Waals surface area (Å²) < 4.78 is 2.50. The molecule has 2 nitrogen and oxygen atoms in total. The van der Waals surface area contributed by atoms with Crippen LogP contribution in [0.4, 0.5) is 5.69 Å². The molecule has 0 spiro atoms. The van der Waals surface area contributed by atoms with E-state index in [9.17, 15) is 0 Å². The van der Waals surface area contributed by atoms with Gasteiger partial charge in [-0.05, 0) is 97.4 Å². The summed E-state index contributed by atoms with van der Waals surface area (Å²) in [5.74, 6) is 0. The number of nitrogens with zero attached hydrogens (tertiary/aromatic N) is 1. The molecular formula is C44H30N2. The van der Waals surface area contributed by atoms with Crippen LogP contribution in [-0.2, 0) is 6.42 Å². The number of anilines is 1. The first-order valence-corrected chi connectivity index (χ1v) is 16.1. The third-order valence-corrected chi connectivity index (χ3v) is 10.0. The van der Waals surface area contributed by atoms with Gasteiger partial charge in [0.05, 0.1) is 17.1 Å². The zero-order valence-electron chi connectivity index (χ0n) is 25.2. The minimum Gasteiger partial charge on any atom is -0.374 e. The molecule has 1 aliphatic carbocycles. The zero-order valence-corrected chi connectivity index (χ0v) is 25.2. The standard InChI is InChI=1S/C44H30N2/c1-3-12-28(13-4-1)44(45-32-16-5-2-6-17-32)31-15-9-18-33(27-31)46-38-23-11-22-37-35-20-8-7-19-34(35)36-21-10-14-29-26-30-24-25-39(46)43(42(37)38)41(30)40(29)36/h1-25,27,44-45H,26H2. The molecule has 0 saturated carbocycles. The molecule has 1 aliphatic rings. The van der Waals surface area contributed by atoms with Gasteiger partial charge < -0.3 is 9.88 Å². The van der Waals surface area contributed by atoms with E-state index in [1.54, 1.807) is 0 Å². The highest BCUT2D eigenvalue weighted by Gasteiger charge is 2.25. The predicted octanol–water partition coefficient (Wildman–Crippen LogP) is 11.3. The Bertz CT molecular complexity index is 2630. The van der Waals surface area contributed by atoms with Crippen molar-refractivity contribution >= 4 is 59.8 Å². The average Bonchev–Trinajstić information content (AvgIpc) is 3.67. The molecule has 9 aromatic rings. The Morgan fingerprint density at radius 3 is 1.85 bits per heavy atom. The van der Waals surface area contributed by atoms with Crippen molar-refractivity contribution < 1.29 is 0 Å². The highest BCUT2D eigenvalue weighted by atomic mass is 15.0. The Balaban J connectivity index is 1.30. The second kappa shape index (κ2) is 9.82. The van der Waals surface area contributed by atoms with Crippen molar-refractivity contribution in [1.29, 1.82) is 0 Å². The fourth-order valence-electron chi connectivity index (χ4n) is 8.10. The van der Waals surface area contributed by atoms with Gasteiger partial charge in [0.15, 0.2) is 0 Å². The van der Waals surface area contributed by atoms with Gasteiger partial charge in [-0.3, -0.25) is 0 Å². The van der Waals surface area contributed by atoms with Gasteiger partial charge in [0.2, 0.25) is 0 Å². The van der Waals surface area contributed by atoms with Crippen molar-refractivity contribution in [1.82, 2.24) is 4.57 Å². The quantitative estimate of drug-likeness (QED) is 0.212. The molecule has 46 heavy (non-hydrogen) atoms. The fraction of sp³-hybridized carbons (Fsp3) is 0.0455. The van der Waals surface area contributed by atoms with Crippen molar-refractivity contribution in [2.24, 2.45) is 0 Å². The van der Waals surface area contributed by atoms with E-state index in [1.807, 2.05) is 0 Å². The van der Waals surface area contributed by atoms with Crippen LogP contribution in [0.1, 0.15) is 28.3 Å². The maximum atomic E-state index is 3.83. The molecule has 1 aromatic heterocycles. The summed E-state index contributed by atoms with van der Waals surface area (Å²) in [7, 11) is 0. The molecular weight excluding hydrogens is 556 g/mol. The second-order valence-corrected chi connectivity index (χ2v) is 12.5. The van der Waals surface area contributed by atoms with Crippen LogP contribution >= 0.6 is 0 Å². The lowest BCUT2D eigenvalue weighted by Crippen LogP contribution is -2.12. The van der Waals surface area contributed by atoms with Gasteiger partial charge >= 0.3 is 0 Å². The maximum Gasteiger partial charge on any atom is 0.0768 e. The maximum absolute atomic E-state index is 3.83. The smallest absolute Gasteiger partial charge is 0.0768 e. The molecule has 10 rings (SSSR count). The van der Waals surface area contributed by atoms with Crippen LogP contribution in [0.3, 0.4) is 0 Å². The number of para-hydroxylation sites is 1. The van der Waals surface area contributed by atoms with Gasteiger partial charge in [-0.15, -0.1) is 0 Å². The normalized spacial score (nSPS) is 13.0. The summed E-state index contributed by atoms with van der Waals surface area (Å²) in [6.45, 7) is 0. The highest BCUT2D eigenvalue weighted by molar-refractivity contribution is 6.35. The van der Waals surface area contributed by atoms with E-state index in [0.29, 0.717) is 0 Å². The first-order valence-electron chi connectivity index (χ1n) is 16.1. The lowest BCUT2D eigenvalue weighted by molar-refractivity contribution is 0.935. The topological polar surface area (TPSA) is 17.0 Å². The van der Waals surface area contributed by atoms with Gasteiger partial charge in [0.1, 0.15) is 0 Å². The van der Waals surface area contributed by atoms with Gasteiger partial charge in [-0.2, -0.15) is 0 Å². The summed E-state index contributed by atoms with van der Waals surface area (Å²) in [6, 6.07) is 57.8. The first-order chi connectivity index (χ1) is 22.8. The van der Waals surface area contributed by atoms with Crippen molar-refractivity contribution in [3.8, 4) is 5.69 Å². The van der Waals surface area contributed by atoms with Crippen molar-refractivity contribution in [3.63, 3.8) is 0 Å². The van der Waals surface area contributed by atoms with E-state index in [1.165, 1.54) is 82.1 Å². The SMILES string of the molecule is c1ccc(NC(c2ccccc2)c2cccc(-n3c4cccc5c6ccccc6c6cccc7c6c6c(ccc3c6c54)C7)c2)cc1. The molecule has 0 fully saturated rings. The van der Waals surface area contributed by atoms with Crippen LogP contribution in [-0.4, -0.2) is 4.57 Å². The Hall–Kier alpha value is -5.86. The van der Waals surface area contributed by atoms with E-state index in [2.05, 4.69) is 168 Å². The third-order valence-electron chi connectivity index (χ3n) is 10.0. The van der Waals surface area contributed by atoms with Gasteiger partial charge in [-0.1, -0.05) is 121 Å². The molecule has 0 radical (unpaired) electrons. The molecule has 1 heterocycles. The highest BCUT2D eigenvalue weighted by Crippen LogP contribution is 2.47. The van der Waals surface area contributed by atoms with Crippen LogP contribution in [0.25, 0.3) is 59.8 Å². The predicted molar refractivity (Wildman–Crippen MR) is 194 cm³/mol. The number of benzene rings is 7. The third kappa shape index (κ3) is 3.64. The average molecular weight is 587 g/mol. The Labute approximate surface area is 267 Å². The lowest BCUT2D eigenvalue weighted by Gasteiger charge is -2.22. The number of nitrogens with one attached hydrogen (secondary N) is 1. The molecule has 8 aromatic carbocycles. The molecule has 0 aliphatic heterocycles. The van der Waals surface area contributed by atoms with Gasteiger partial charge in [0, 0.05) is 22.1 Å². The Morgan fingerprint density at radius 1 is 0.435 bits per heavy atom. The minimum atomic E-state index is -0.000144. The first kappa shape index (κ1) is 25.5. The lowest BCUT2D eigenvalue weighted by atomic mass is 9.95. The second-order valence-electron chi connectivity index (χ2n) is 12.5. The fourth-order valence-corrected chi connectivity index (χ4v) is 8.10. The Morgan fingerprint density at radius 2 is 1.04 bits per heavy atom. The summed E-state index contributed by atoms with van der Waals surface area (Å²) in [4.78, 5) is 0. The van der Waals surface area contributed by atoms with Crippen LogP contribution in [0, 0.1) is 0 Å². The number of hydrogen-bond donors (Lipinski definition) is 1. The van der Waals surface area contributed by atoms with Crippen LogP contribution in [0.15, 0.2) is 158 Å². The van der Waals surface area contributed by atoms with Crippen molar-refractivity contribution in [2.75, 3.05) is 5.32 Å². The van der Waals surface area contributed by atoms with E-state index < -0.39 is 0 Å². The summed E-state index contributed by atoms with van der Waals surface area (Å²) in [5, 5.41) is 14.6. The monoisotopic (exact) mass is 586 g/mol. The molecule has 216 valence electrons. The summed E-state index contributed by atoms with van der Waals surface area (Å²) in [6.07, 6.45) is 0.977. The number of hydrogen-bond acceptors (Lipinski definition) is 1.